The molecule has 7 heteroatoms. The van der Waals surface area contributed by atoms with Gasteiger partial charge in [0.2, 0.25) is 0 Å². The lowest BCUT2D eigenvalue weighted by Gasteiger charge is -2.29. The van der Waals surface area contributed by atoms with E-state index in [0.29, 0.717) is 19.0 Å². The van der Waals surface area contributed by atoms with Crippen molar-refractivity contribution in [3.05, 3.63) is 35.4 Å². The Labute approximate surface area is 176 Å². The molecule has 29 heavy (non-hydrogen) atoms. The van der Waals surface area contributed by atoms with Crippen molar-refractivity contribution in [3.8, 4) is 0 Å². The summed E-state index contributed by atoms with van der Waals surface area (Å²) in [4.78, 5) is 18.9. The molecule has 1 amide bonds. The van der Waals surface area contributed by atoms with Crippen LogP contribution < -0.4 is 16.0 Å². The lowest BCUT2D eigenvalue weighted by Crippen LogP contribution is -2.54. The largest absolute Gasteiger partial charge is 0.444 e. The van der Waals surface area contributed by atoms with Crippen LogP contribution in [0, 0.1) is 0 Å². The van der Waals surface area contributed by atoms with Crippen molar-refractivity contribution < 1.29 is 9.53 Å². The summed E-state index contributed by atoms with van der Waals surface area (Å²) in [6.07, 6.45) is -0.427. The number of ether oxygens (including phenoxy) is 1. The number of carbonyl (C=O) groups is 1. The molecule has 0 aliphatic heterocycles. The lowest BCUT2D eigenvalue weighted by atomic mass is 10.1. The second-order valence-corrected chi connectivity index (χ2v) is 9.12. The Morgan fingerprint density at radius 3 is 2.34 bits per heavy atom. The number of hydrogen-bond donors (Lipinski definition) is 3. The summed E-state index contributed by atoms with van der Waals surface area (Å²) in [6.45, 7) is 14.2. The average molecular weight is 406 g/mol. The van der Waals surface area contributed by atoms with Crippen molar-refractivity contribution in [3.63, 3.8) is 0 Å². The van der Waals surface area contributed by atoms with Gasteiger partial charge in [-0.05, 0) is 66.8 Å². The Kier molecular flexibility index (Phi) is 9.43. The van der Waals surface area contributed by atoms with Crippen LogP contribution in [0.1, 0.15) is 52.7 Å². The van der Waals surface area contributed by atoms with Gasteiger partial charge in [0.1, 0.15) is 5.60 Å². The third-order valence-corrected chi connectivity index (χ3v) is 3.79. The van der Waals surface area contributed by atoms with Crippen molar-refractivity contribution in [2.24, 2.45) is 4.99 Å². The normalized spacial score (nSPS) is 12.7. The Morgan fingerprint density at radius 2 is 1.76 bits per heavy atom. The minimum atomic E-state index is -0.523. The number of hydrogen-bond acceptors (Lipinski definition) is 4. The first-order valence-electron chi connectivity index (χ1n) is 10.2. The van der Waals surface area contributed by atoms with E-state index < -0.39 is 17.2 Å². The Morgan fingerprint density at radius 1 is 1.10 bits per heavy atom. The fraction of sp³-hybridized carbons (Fsp3) is 0.636. The minimum Gasteiger partial charge on any atom is -0.444 e. The summed E-state index contributed by atoms with van der Waals surface area (Å²) in [7, 11) is 4.12. The highest BCUT2D eigenvalue weighted by Crippen LogP contribution is 2.10. The van der Waals surface area contributed by atoms with Crippen LogP contribution in [0.25, 0.3) is 0 Å². The van der Waals surface area contributed by atoms with E-state index in [1.165, 1.54) is 5.56 Å². The Bertz CT molecular complexity index is 678. The van der Waals surface area contributed by atoms with Gasteiger partial charge < -0.3 is 25.6 Å². The summed E-state index contributed by atoms with van der Waals surface area (Å²) in [5.74, 6) is 0.713. The number of aliphatic imine (C=N–C) groups is 1. The Hall–Kier alpha value is -2.28. The van der Waals surface area contributed by atoms with Crippen molar-refractivity contribution >= 4 is 12.1 Å². The molecule has 0 radical (unpaired) electrons. The topological polar surface area (TPSA) is 78.0 Å². The molecule has 1 aromatic rings. The molecule has 0 saturated carbocycles. The molecule has 0 aromatic heterocycles. The van der Waals surface area contributed by atoms with Crippen LogP contribution in [0.2, 0.25) is 0 Å². The average Bonchev–Trinajstić information content (AvgIpc) is 2.55. The molecular weight excluding hydrogens is 366 g/mol. The maximum absolute atomic E-state index is 12.1. The van der Waals surface area contributed by atoms with Gasteiger partial charge in [-0.2, -0.15) is 0 Å². The highest BCUT2D eigenvalue weighted by atomic mass is 16.6. The first-order valence-corrected chi connectivity index (χ1v) is 10.2. The van der Waals surface area contributed by atoms with E-state index in [0.717, 1.165) is 18.7 Å². The quantitative estimate of drug-likeness (QED) is 0.458. The lowest BCUT2D eigenvalue weighted by molar-refractivity contribution is 0.0474. The highest BCUT2D eigenvalue weighted by Gasteiger charge is 2.24. The standard InChI is InChI=1S/C22H39N5O2/c1-9-23-19(24-14-17-11-10-12-18(13-17)15-27(7)8)25-16-22(5,6)26-20(28)29-21(2,3)4/h10-13H,9,14-16H2,1-8H3,(H,26,28)(H2,23,24,25). The van der Waals surface area contributed by atoms with Gasteiger partial charge in [0.25, 0.3) is 0 Å². The number of nitrogens with zero attached hydrogens (tertiary/aromatic N) is 2. The zero-order valence-electron chi connectivity index (χ0n) is 19.3. The van der Waals surface area contributed by atoms with Gasteiger partial charge in [0.15, 0.2) is 5.96 Å². The van der Waals surface area contributed by atoms with Crippen LogP contribution in [-0.4, -0.2) is 55.3 Å². The van der Waals surface area contributed by atoms with E-state index in [9.17, 15) is 4.79 Å². The molecule has 0 spiro atoms. The molecule has 0 aliphatic carbocycles. The molecule has 0 fully saturated rings. The first kappa shape index (κ1) is 24.8. The number of rotatable bonds is 8. The van der Waals surface area contributed by atoms with Crippen LogP contribution in [0.3, 0.4) is 0 Å². The van der Waals surface area contributed by atoms with Gasteiger partial charge in [-0.15, -0.1) is 0 Å². The molecule has 164 valence electrons. The van der Waals surface area contributed by atoms with Gasteiger partial charge in [-0.1, -0.05) is 24.3 Å². The molecule has 0 heterocycles. The number of guanidine groups is 1. The SMILES string of the molecule is CCNC(=NCc1cccc(CN(C)C)c1)NCC(C)(C)NC(=O)OC(C)(C)C. The molecule has 3 N–H and O–H groups in total. The minimum absolute atomic E-state index is 0.427. The monoisotopic (exact) mass is 405 g/mol. The second-order valence-electron chi connectivity index (χ2n) is 9.12. The van der Waals surface area contributed by atoms with Crippen LogP contribution in [0.4, 0.5) is 4.79 Å². The third kappa shape index (κ3) is 11.3. The zero-order chi connectivity index (χ0) is 22.1. The Balaban J connectivity index is 2.69. The predicted molar refractivity (Wildman–Crippen MR) is 120 cm³/mol. The van der Waals surface area contributed by atoms with E-state index >= 15 is 0 Å². The molecule has 0 atom stereocenters. The van der Waals surface area contributed by atoms with Crippen LogP contribution in [0.5, 0.6) is 0 Å². The van der Waals surface area contributed by atoms with E-state index in [2.05, 4.69) is 64.2 Å². The fourth-order valence-electron chi connectivity index (χ4n) is 2.63. The van der Waals surface area contributed by atoms with E-state index in [-0.39, 0.29) is 0 Å². The van der Waals surface area contributed by atoms with Gasteiger partial charge >= 0.3 is 6.09 Å². The van der Waals surface area contributed by atoms with Crippen LogP contribution in [0.15, 0.2) is 29.3 Å². The van der Waals surface area contributed by atoms with Crippen LogP contribution >= 0.6 is 0 Å². The third-order valence-electron chi connectivity index (χ3n) is 3.79. The molecular formula is C22H39N5O2. The van der Waals surface area contributed by atoms with Crippen molar-refractivity contribution in [1.82, 2.24) is 20.9 Å². The summed E-state index contributed by atoms with van der Waals surface area (Å²) in [5, 5.41) is 9.46. The predicted octanol–water partition coefficient (Wildman–Crippen LogP) is 3.11. The summed E-state index contributed by atoms with van der Waals surface area (Å²) >= 11 is 0. The smallest absolute Gasteiger partial charge is 0.408 e. The molecule has 7 nitrogen and oxygen atoms in total. The maximum atomic E-state index is 12.1. The van der Waals surface area contributed by atoms with E-state index in [1.54, 1.807) is 0 Å². The molecule has 1 aromatic carbocycles. The summed E-state index contributed by atoms with van der Waals surface area (Å²) in [5.41, 5.74) is 1.41. The van der Waals surface area contributed by atoms with Crippen LogP contribution in [-0.2, 0) is 17.8 Å². The number of carbonyl (C=O) groups excluding carboxylic acids is 1. The maximum Gasteiger partial charge on any atom is 0.408 e. The zero-order valence-corrected chi connectivity index (χ0v) is 19.3. The molecule has 0 unspecified atom stereocenters. The van der Waals surface area contributed by atoms with E-state index in [4.69, 9.17) is 4.74 Å². The van der Waals surface area contributed by atoms with Crippen molar-refractivity contribution in [2.75, 3.05) is 27.2 Å². The van der Waals surface area contributed by atoms with E-state index in [1.807, 2.05) is 41.5 Å². The summed E-state index contributed by atoms with van der Waals surface area (Å²) < 4.78 is 5.34. The van der Waals surface area contributed by atoms with Gasteiger partial charge in [0.05, 0.1) is 12.1 Å². The fourth-order valence-corrected chi connectivity index (χ4v) is 2.63. The molecule has 0 bridgehead atoms. The number of nitrogens with one attached hydrogen (secondary N) is 3. The van der Waals surface area contributed by atoms with Crippen molar-refractivity contribution in [1.29, 1.82) is 0 Å². The number of benzene rings is 1. The molecule has 1 rings (SSSR count). The van der Waals surface area contributed by atoms with Gasteiger partial charge in [-0.25, -0.2) is 9.79 Å². The van der Waals surface area contributed by atoms with Gasteiger partial charge in [-0.3, -0.25) is 0 Å². The van der Waals surface area contributed by atoms with Crippen molar-refractivity contribution in [2.45, 2.75) is 65.8 Å². The number of alkyl carbamates (subject to hydrolysis) is 1. The summed E-state index contributed by atoms with van der Waals surface area (Å²) in [6, 6.07) is 8.46. The highest BCUT2D eigenvalue weighted by molar-refractivity contribution is 5.80. The molecule has 0 aliphatic rings. The number of amides is 1. The van der Waals surface area contributed by atoms with Gasteiger partial charge in [0, 0.05) is 19.6 Å². The second kappa shape index (κ2) is 11.0. The first-order chi connectivity index (χ1) is 13.4. The molecule has 0 saturated heterocycles.